The molecule has 4 aromatic carbocycles. The van der Waals surface area contributed by atoms with Crippen molar-refractivity contribution in [3.63, 3.8) is 0 Å². The summed E-state index contributed by atoms with van der Waals surface area (Å²) in [7, 11) is 8.21. The third-order valence-corrected chi connectivity index (χ3v) is 13.7. The Balaban J connectivity index is 0.000000258. The number of allylic oxidation sites excluding steroid dienone is 4. The van der Waals surface area contributed by atoms with E-state index in [1.807, 2.05) is 0 Å². The molecule has 0 bridgehead atoms. The predicted molar refractivity (Wildman–Crippen MR) is 188 cm³/mol. The van der Waals surface area contributed by atoms with E-state index in [4.69, 9.17) is 19.1 Å². The van der Waals surface area contributed by atoms with E-state index in [9.17, 15) is 0 Å². The fourth-order valence-electron chi connectivity index (χ4n) is 5.49. The van der Waals surface area contributed by atoms with Crippen LogP contribution in [0.5, 0.6) is 0 Å². The van der Waals surface area contributed by atoms with Gasteiger partial charge in [-0.05, 0) is 73.1 Å². The van der Waals surface area contributed by atoms with Gasteiger partial charge < -0.3 is 7.43 Å². The van der Waals surface area contributed by atoms with E-state index >= 15 is 0 Å². The summed E-state index contributed by atoms with van der Waals surface area (Å²) in [5, 5.41) is 6.08. The monoisotopic (exact) mass is 766 g/mol. The molecule has 0 saturated heterocycles. The molecule has 224 valence electrons. The van der Waals surface area contributed by atoms with Crippen LogP contribution in [0.4, 0.5) is 0 Å². The van der Waals surface area contributed by atoms with Crippen LogP contribution in [0.25, 0.3) is 0 Å². The minimum Gasteiger partial charge on any atom is 2.00 e. The Morgan fingerprint density at radius 2 is 1.00 bits per heavy atom. The molecule has 2 unspecified atom stereocenters. The van der Waals surface area contributed by atoms with Crippen LogP contribution in [0.15, 0.2) is 146 Å². The smallest absolute Gasteiger partial charge is 2.00 e. The normalized spacial score (nSPS) is 17.1. The van der Waals surface area contributed by atoms with Crippen molar-refractivity contribution >= 4 is 56.1 Å². The summed E-state index contributed by atoms with van der Waals surface area (Å²) in [6.07, 6.45) is 13.3. The van der Waals surface area contributed by atoms with Crippen LogP contribution in [0, 0.1) is 13.3 Å². The third-order valence-electron chi connectivity index (χ3n) is 7.33. The maximum atomic E-state index is 4.81. The Kier molecular flexibility index (Phi) is 18.5. The Labute approximate surface area is 283 Å². The predicted octanol–water partition coefficient (Wildman–Crippen LogP) is 9.17. The molecule has 42 heavy (non-hydrogen) atoms. The molecule has 4 aromatic rings. The molecule has 0 amide bonds. The van der Waals surface area contributed by atoms with Crippen LogP contribution >= 0.6 is 34.9 Å². The molecule has 0 fully saturated rings. The summed E-state index contributed by atoms with van der Waals surface area (Å²) in [5.74, 6) is 1.61. The van der Waals surface area contributed by atoms with Gasteiger partial charge in [0.25, 0.3) is 0 Å². The Hall–Kier alpha value is -1.02. The van der Waals surface area contributed by atoms with Gasteiger partial charge in [-0.1, -0.05) is 84.9 Å². The molecule has 0 spiro atoms. The van der Waals surface area contributed by atoms with E-state index in [2.05, 4.69) is 153 Å². The molecule has 0 radical (unpaired) electrons. The van der Waals surface area contributed by atoms with Crippen LogP contribution in [0.2, 0.25) is 0 Å². The van der Waals surface area contributed by atoms with Crippen LogP contribution in [0.3, 0.4) is 0 Å². The molecule has 0 nitrogen and oxygen atoms in total. The molecule has 2 atom stereocenters. The van der Waals surface area contributed by atoms with Crippen LogP contribution in [-0.4, -0.2) is 11.3 Å². The van der Waals surface area contributed by atoms with Gasteiger partial charge in [0.15, 0.2) is 0 Å². The maximum absolute atomic E-state index is 4.81. The van der Waals surface area contributed by atoms with Gasteiger partial charge in [-0.3, -0.25) is 5.92 Å². The molecule has 2 aliphatic rings. The molecule has 0 N–H and O–H groups in total. The van der Waals surface area contributed by atoms with Crippen molar-refractivity contribution in [2.45, 2.75) is 37.5 Å². The first-order valence-corrected chi connectivity index (χ1v) is 20.8. The fourth-order valence-corrected chi connectivity index (χ4v) is 11.7. The second-order valence-electron chi connectivity index (χ2n) is 9.90. The van der Waals surface area contributed by atoms with Crippen molar-refractivity contribution in [3.8, 4) is 0 Å². The number of halogens is 2. The molecule has 0 saturated carbocycles. The molecule has 2 aliphatic carbocycles. The van der Waals surface area contributed by atoms with Crippen molar-refractivity contribution in [1.29, 1.82) is 0 Å². The van der Waals surface area contributed by atoms with Crippen LogP contribution in [0.1, 0.15) is 26.2 Å². The zero-order valence-corrected chi connectivity index (χ0v) is 30.2. The second kappa shape index (κ2) is 20.8. The van der Waals surface area contributed by atoms with Gasteiger partial charge in [0.05, 0.1) is 34.8 Å². The first-order valence-electron chi connectivity index (χ1n) is 13.7. The van der Waals surface area contributed by atoms with Crippen molar-refractivity contribution in [2.24, 2.45) is 0 Å². The molecular formula is C36H40Cl2FeP2Pd+2. The van der Waals surface area contributed by atoms with E-state index in [1.165, 1.54) is 34.1 Å². The summed E-state index contributed by atoms with van der Waals surface area (Å²) in [5.41, 5.74) is 1.38. The van der Waals surface area contributed by atoms with Crippen molar-refractivity contribution in [3.05, 3.63) is 159 Å². The first-order chi connectivity index (χ1) is 19.7. The number of rotatable bonds is 6. The van der Waals surface area contributed by atoms with Crippen LogP contribution in [-0.2, 0) is 33.0 Å². The Morgan fingerprint density at radius 3 is 1.31 bits per heavy atom. The van der Waals surface area contributed by atoms with Gasteiger partial charge in [0.2, 0.25) is 0 Å². The number of hydrogen-bond donors (Lipinski definition) is 0. The van der Waals surface area contributed by atoms with Gasteiger partial charge in [-0.2, -0.15) is 13.3 Å². The number of hydrogen-bond acceptors (Lipinski definition) is 0. The SMILES string of the molecule is C1=CC([PH+](c2ccccc2)c2ccccc2)CC1.C[C-]1CC=CC1[PH+](c1ccccc1)c1ccccc1.[CH3-].[Cl][Pd][Cl].[Fe+2]. The topological polar surface area (TPSA) is 0 Å². The molecule has 0 heterocycles. The minimum absolute atomic E-state index is 0. The van der Waals surface area contributed by atoms with E-state index in [-0.39, 0.29) is 40.4 Å². The average Bonchev–Trinajstić information content (AvgIpc) is 3.69. The largest absolute Gasteiger partial charge is 2.00 e. The summed E-state index contributed by atoms with van der Waals surface area (Å²) < 4.78 is 0. The standard InChI is InChI=1S/C18H18P.C17H17P.CH3.2ClH.Fe.Pd/c1-15-9-8-14-18(15)19(16-10-4-2-5-11-16)17-12-6-3-7-13-17;1-3-9-15(10-4-1)18(17-13-7-8-14-17)16-11-5-2-6-12-16;;;;;/h2-8,10-14,18H,9H2,1H3;1-7,9-13,17H,8,14H2;1H3;2*1H;;/q-1;;-1;;;2*+2. The molecule has 0 aromatic heterocycles. The van der Waals surface area contributed by atoms with E-state index in [0.717, 1.165) is 12.1 Å². The maximum Gasteiger partial charge on any atom is 2.00 e. The number of benzene rings is 4. The van der Waals surface area contributed by atoms with Gasteiger partial charge in [-0.25, -0.2) is 0 Å². The summed E-state index contributed by atoms with van der Waals surface area (Å²) in [6.45, 7) is 2.31. The summed E-state index contributed by atoms with van der Waals surface area (Å²) >= 11 is -0.106. The van der Waals surface area contributed by atoms with Gasteiger partial charge in [0, 0.05) is 7.92 Å². The van der Waals surface area contributed by atoms with Gasteiger partial charge in [-0.15, -0.1) is 6.08 Å². The molecule has 0 aliphatic heterocycles. The third kappa shape index (κ3) is 10.9. The Bertz CT molecular complexity index is 1230. The van der Waals surface area contributed by atoms with Crippen molar-refractivity contribution < 1.29 is 33.0 Å². The summed E-state index contributed by atoms with van der Waals surface area (Å²) in [6, 6.07) is 44.1. The Morgan fingerprint density at radius 1 is 0.619 bits per heavy atom. The average molecular weight is 768 g/mol. The zero-order chi connectivity index (χ0) is 28.0. The zero-order valence-electron chi connectivity index (χ0n) is 24.1. The van der Waals surface area contributed by atoms with E-state index in [0.29, 0.717) is 5.66 Å². The van der Waals surface area contributed by atoms with Crippen molar-refractivity contribution in [1.82, 2.24) is 0 Å². The minimum atomic E-state index is -0.750. The first kappa shape index (κ1) is 37.2. The fraction of sp³-hybridized carbons (Fsp3) is 0.167. The van der Waals surface area contributed by atoms with E-state index < -0.39 is 15.8 Å². The quantitative estimate of drug-likeness (QED) is 0.0795. The van der Waals surface area contributed by atoms with Gasteiger partial charge in [0.1, 0.15) is 0 Å². The van der Waals surface area contributed by atoms with Crippen molar-refractivity contribution in [2.75, 3.05) is 0 Å². The molecular weight excluding hydrogens is 728 g/mol. The molecule has 6 rings (SSSR count). The second-order valence-corrected chi connectivity index (χ2v) is 17.6. The van der Waals surface area contributed by atoms with Gasteiger partial charge >= 0.3 is 52.1 Å². The molecule has 6 heteroatoms. The summed E-state index contributed by atoms with van der Waals surface area (Å²) in [4.78, 5) is 0. The van der Waals surface area contributed by atoms with Crippen LogP contribution < -0.4 is 21.2 Å². The van der Waals surface area contributed by atoms with E-state index in [1.54, 1.807) is 5.92 Å².